The molecule has 1 aromatic carbocycles. The summed E-state index contributed by atoms with van der Waals surface area (Å²) in [5.41, 5.74) is 2.09. The Morgan fingerprint density at radius 1 is 1.08 bits per heavy atom. The Kier molecular flexibility index (Phi) is 3.82. The van der Waals surface area contributed by atoms with Gasteiger partial charge in [0.1, 0.15) is 16.1 Å². The first-order chi connectivity index (χ1) is 12.1. The molecule has 0 saturated carbocycles. The highest BCUT2D eigenvalue weighted by molar-refractivity contribution is 7.15. The van der Waals surface area contributed by atoms with Gasteiger partial charge in [0.15, 0.2) is 5.82 Å². The fourth-order valence-corrected chi connectivity index (χ4v) is 3.32. The lowest BCUT2D eigenvalue weighted by Crippen LogP contribution is -2.23. The highest BCUT2D eigenvalue weighted by Gasteiger charge is 2.09. The second-order valence-corrected chi connectivity index (χ2v) is 6.78. The van der Waals surface area contributed by atoms with Crippen LogP contribution in [0.2, 0.25) is 0 Å². The lowest BCUT2D eigenvalue weighted by Gasteiger charge is -1.93. The van der Waals surface area contributed by atoms with Gasteiger partial charge in [-0.3, -0.25) is 4.79 Å². The molecule has 124 valence electrons. The Balaban J connectivity index is 1.67. The maximum absolute atomic E-state index is 12.4. The summed E-state index contributed by atoms with van der Waals surface area (Å²) in [5.74, 6) is 1.98. The highest BCUT2D eigenvalue weighted by Crippen LogP contribution is 2.10. The molecule has 5 nitrogen and oxygen atoms in total. The summed E-state index contributed by atoms with van der Waals surface area (Å²) in [6.45, 7) is 3.91. The van der Waals surface area contributed by atoms with E-state index in [0.717, 1.165) is 11.3 Å². The van der Waals surface area contributed by atoms with Crippen LogP contribution >= 0.6 is 11.3 Å². The molecule has 0 amide bonds. The van der Waals surface area contributed by atoms with Gasteiger partial charge in [-0.25, -0.2) is 0 Å². The van der Waals surface area contributed by atoms with Crippen molar-refractivity contribution in [2.45, 2.75) is 13.8 Å². The molecule has 0 atom stereocenters. The summed E-state index contributed by atoms with van der Waals surface area (Å²) >= 11 is 1.30. The van der Waals surface area contributed by atoms with Crippen LogP contribution in [0.25, 0.3) is 23.2 Å². The van der Waals surface area contributed by atoms with Gasteiger partial charge >= 0.3 is 0 Å². The molecule has 4 rings (SSSR count). The van der Waals surface area contributed by atoms with Crippen LogP contribution in [-0.2, 0) is 0 Å². The van der Waals surface area contributed by atoms with Crippen molar-refractivity contribution in [1.29, 1.82) is 0 Å². The van der Waals surface area contributed by atoms with Gasteiger partial charge in [-0.15, -0.1) is 5.10 Å². The average molecular weight is 349 g/mol. The van der Waals surface area contributed by atoms with Crippen LogP contribution in [-0.4, -0.2) is 14.6 Å². The van der Waals surface area contributed by atoms with Crippen molar-refractivity contribution in [2.24, 2.45) is 0 Å². The van der Waals surface area contributed by atoms with E-state index in [0.29, 0.717) is 21.1 Å². The van der Waals surface area contributed by atoms with Crippen LogP contribution in [0.4, 0.5) is 0 Å². The minimum atomic E-state index is -0.184. The molecule has 0 aliphatic heterocycles. The van der Waals surface area contributed by atoms with E-state index in [-0.39, 0.29) is 5.56 Å². The van der Waals surface area contributed by atoms with Gasteiger partial charge in [0.25, 0.3) is 5.56 Å². The van der Waals surface area contributed by atoms with Crippen molar-refractivity contribution in [3.8, 4) is 0 Å². The summed E-state index contributed by atoms with van der Waals surface area (Å²) in [7, 11) is 0. The number of aromatic nitrogens is 3. The third-order valence-electron chi connectivity index (χ3n) is 3.73. The first-order valence-corrected chi connectivity index (χ1v) is 8.63. The van der Waals surface area contributed by atoms with Crippen molar-refractivity contribution >= 4 is 34.5 Å². The van der Waals surface area contributed by atoms with Crippen LogP contribution in [0.3, 0.4) is 0 Å². The van der Waals surface area contributed by atoms with Gasteiger partial charge in [0.2, 0.25) is 4.96 Å². The Morgan fingerprint density at radius 3 is 2.56 bits per heavy atom. The van der Waals surface area contributed by atoms with E-state index in [1.807, 2.05) is 62.4 Å². The van der Waals surface area contributed by atoms with E-state index >= 15 is 0 Å². The van der Waals surface area contributed by atoms with Gasteiger partial charge in [0, 0.05) is 6.08 Å². The maximum Gasteiger partial charge on any atom is 0.291 e. The van der Waals surface area contributed by atoms with Crippen molar-refractivity contribution in [2.75, 3.05) is 0 Å². The molecule has 0 N–H and O–H groups in total. The number of fused-ring (bicyclic) bond motifs is 1. The molecule has 0 fully saturated rings. The molecule has 0 radical (unpaired) electrons. The Labute approximate surface area is 147 Å². The average Bonchev–Trinajstić information content (AvgIpc) is 3.25. The van der Waals surface area contributed by atoms with Crippen molar-refractivity contribution in [3.05, 3.63) is 79.8 Å². The summed E-state index contributed by atoms with van der Waals surface area (Å²) in [6, 6.07) is 11.9. The number of benzene rings is 1. The third kappa shape index (κ3) is 3.16. The summed E-state index contributed by atoms with van der Waals surface area (Å²) in [4.78, 5) is 17.4. The highest BCUT2D eigenvalue weighted by atomic mass is 32.1. The number of nitrogens with zero attached hydrogens (tertiary/aromatic N) is 3. The molecule has 3 aromatic heterocycles. The minimum Gasteiger partial charge on any atom is -0.462 e. The first-order valence-electron chi connectivity index (χ1n) is 7.81. The standard InChI is InChI=1S/C19H15N3O2S/c1-12-3-6-14(7-4-12)8-10-17-20-19-22(21-17)18(23)16(25-19)11-15-9-5-13(2)24-15/h3-11H,1-2H3. The zero-order valence-corrected chi connectivity index (χ0v) is 14.6. The van der Waals surface area contributed by atoms with Gasteiger partial charge in [-0.05, 0) is 37.6 Å². The van der Waals surface area contributed by atoms with Gasteiger partial charge in [-0.1, -0.05) is 47.2 Å². The smallest absolute Gasteiger partial charge is 0.291 e. The zero-order valence-electron chi connectivity index (χ0n) is 13.8. The van der Waals surface area contributed by atoms with Crippen molar-refractivity contribution in [1.82, 2.24) is 14.6 Å². The van der Waals surface area contributed by atoms with Crippen LogP contribution in [0, 0.1) is 13.8 Å². The molecule has 6 heteroatoms. The number of furan rings is 1. The predicted molar refractivity (Wildman–Crippen MR) is 99.5 cm³/mol. The summed E-state index contributed by atoms with van der Waals surface area (Å²) in [6.07, 6.45) is 5.46. The van der Waals surface area contributed by atoms with E-state index in [2.05, 4.69) is 10.1 Å². The molecular weight excluding hydrogens is 334 g/mol. The van der Waals surface area contributed by atoms with Gasteiger partial charge < -0.3 is 4.42 Å². The number of hydrogen-bond donors (Lipinski definition) is 0. The zero-order chi connectivity index (χ0) is 17.4. The number of rotatable bonds is 3. The quantitative estimate of drug-likeness (QED) is 0.570. The maximum atomic E-state index is 12.4. The molecule has 0 unspecified atom stereocenters. The summed E-state index contributed by atoms with van der Waals surface area (Å²) in [5, 5.41) is 4.28. The molecule has 0 aliphatic carbocycles. The monoisotopic (exact) mass is 349 g/mol. The number of aryl methyl sites for hydroxylation is 2. The SMILES string of the molecule is Cc1ccc(C=Cc2nc3sc(=Cc4ccc(C)o4)c(=O)n3n2)cc1. The molecule has 4 aromatic rings. The van der Waals surface area contributed by atoms with E-state index in [1.165, 1.54) is 21.4 Å². The largest absolute Gasteiger partial charge is 0.462 e. The Bertz CT molecular complexity index is 1180. The van der Waals surface area contributed by atoms with E-state index in [4.69, 9.17) is 4.42 Å². The van der Waals surface area contributed by atoms with E-state index in [1.54, 1.807) is 6.08 Å². The lowest BCUT2D eigenvalue weighted by molar-refractivity contribution is 0.525. The van der Waals surface area contributed by atoms with Gasteiger partial charge in [-0.2, -0.15) is 9.50 Å². The molecule has 25 heavy (non-hydrogen) atoms. The van der Waals surface area contributed by atoms with Gasteiger partial charge in [0.05, 0.1) is 0 Å². The van der Waals surface area contributed by atoms with Crippen molar-refractivity contribution in [3.63, 3.8) is 0 Å². The fourth-order valence-electron chi connectivity index (χ4n) is 2.43. The van der Waals surface area contributed by atoms with Crippen LogP contribution in [0.1, 0.15) is 28.5 Å². The summed E-state index contributed by atoms with van der Waals surface area (Å²) < 4.78 is 7.37. The van der Waals surface area contributed by atoms with E-state index < -0.39 is 0 Å². The molecule has 0 spiro atoms. The second-order valence-electron chi connectivity index (χ2n) is 5.77. The predicted octanol–water partition coefficient (Wildman–Crippen LogP) is 3.08. The first kappa shape index (κ1) is 15.5. The number of thiazole rings is 1. The molecule has 3 heterocycles. The third-order valence-corrected chi connectivity index (χ3v) is 4.69. The van der Waals surface area contributed by atoms with Crippen LogP contribution < -0.4 is 10.1 Å². The minimum absolute atomic E-state index is 0.184. The number of hydrogen-bond acceptors (Lipinski definition) is 5. The fraction of sp³-hybridized carbons (Fsp3) is 0.105. The molecule has 0 aliphatic rings. The lowest BCUT2D eigenvalue weighted by atomic mass is 10.1. The van der Waals surface area contributed by atoms with Crippen molar-refractivity contribution < 1.29 is 4.42 Å². The van der Waals surface area contributed by atoms with Crippen LogP contribution in [0.15, 0.2) is 45.6 Å². The van der Waals surface area contributed by atoms with E-state index in [9.17, 15) is 4.79 Å². The molecule has 0 bridgehead atoms. The molecule has 0 saturated heterocycles. The normalized spacial score (nSPS) is 12.6. The molecular formula is C19H15N3O2S. The Morgan fingerprint density at radius 2 is 1.88 bits per heavy atom. The topological polar surface area (TPSA) is 60.4 Å². The second kappa shape index (κ2) is 6.14. The Hall–Kier alpha value is -2.99. The van der Waals surface area contributed by atoms with Crippen LogP contribution in [0.5, 0.6) is 0 Å².